The summed E-state index contributed by atoms with van der Waals surface area (Å²) in [6, 6.07) is 3.86. The molecule has 3 nitrogen and oxygen atoms in total. The lowest BCUT2D eigenvalue weighted by atomic mass is 9.87. The highest BCUT2D eigenvalue weighted by atomic mass is 16.5. The summed E-state index contributed by atoms with van der Waals surface area (Å²) in [5, 5.41) is 0. The Morgan fingerprint density at radius 3 is 2.56 bits per heavy atom. The Balaban J connectivity index is 2.29. The van der Waals surface area contributed by atoms with Crippen LogP contribution in [0.2, 0.25) is 0 Å². The third-order valence-corrected chi connectivity index (χ3v) is 3.35. The number of methoxy groups -OCH3 is 2. The molecule has 0 aliphatic carbocycles. The summed E-state index contributed by atoms with van der Waals surface area (Å²) >= 11 is 0. The zero-order chi connectivity index (χ0) is 11.3. The van der Waals surface area contributed by atoms with Gasteiger partial charge in [-0.25, -0.2) is 0 Å². The Bertz CT molecular complexity index is 478. The van der Waals surface area contributed by atoms with Gasteiger partial charge in [0.25, 0.3) is 0 Å². The van der Waals surface area contributed by atoms with Crippen molar-refractivity contribution < 1.29 is 14.2 Å². The molecule has 16 heavy (non-hydrogen) atoms. The number of benzene rings is 1. The van der Waals surface area contributed by atoms with Crippen LogP contribution >= 0.6 is 0 Å². The molecule has 0 radical (unpaired) electrons. The summed E-state index contributed by atoms with van der Waals surface area (Å²) in [6.45, 7) is 2.05. The molecule has 0 aromatic heterocycles. The molecule has 2 heterocycles. The summed E-state index contributed by atoms with van der Waals surface area (Å²) in [7, 11) is 3.36. The molecule has 2 aliphatic rings. The van der Waals surface area contributed by atoms with Crippen molar-refractivity contribution in [1.82, 2.24) is 0 Å². The fraction of sp³-hybridized carbons (Fsp3) is 0.385. The standard InChI is InChI=1S/C13H14O3/c1-13-7-6-9(16-13)11-8(14-2)4-5-10(15-3)12(11)13/h4-7,9H,1-3H3/t9-,13+/m0/s1. The first-order valence-corrected chi connectivity index (χ1v) is 5.32. The van der Waals surface area contributed by atoms with Crippen LogP contribution in [-0.2, 0) is 10.3 Å². The van der Waals surface area contributed by atoms with Crippen molar-refractivity contribution >= 4 is 0 Å². The number of rotatable bonds is 2. The van der Waals surface area contributed by atoms with E-state index in [1.165, 1.54) is 0 Å². The van der Waals surface area contributed by atoms with Crippen LogP contribution in [0.4, 0.5) is 0 Å². The first-order chi connectivity index (χ1) is 7.69. The predicted molar refractivity (Wildman–Crippen MR) is 59.9 cm³/mol. The van der Waals surface area contributed by atoms with Crippen LogP contribution in [0.5, 0.6) is 11.5 Å². The molecule has 0 fully saturated rings. The van der Waals surface area contributed by atoms with Gasteiger partial charge >= 0.3 is 0 Å². The van der Waals surface area contributed by atoms with Crippen LogP contribution in [0.25, 0.3) is 0 Å². The lowest BCUT2D eigenvalue weighted by molar-refractivity contribution is 0.0100. The molecule has 0 N–H and O–H groups in total. The molecule has 2 atom stereocenters. The third-order valence-electron chi connectivity index (χ3n) is 3.35. The van der Waals surface area contributed by atoms with Gasteiger partial charge in [0.1, 0.15) is 23.2 Å². The second-order valence-electron chi connectivity index (χ2n) is 4.26. The minimum Gasteiger partial charge on any atom is -0.496 e. The van der Waals surface area contributed by atoms with Crippen LogP contribution in [0.3, 0.4) is 0 Å². The monoisotopic (exact) mass is 218 g/mol. The molecule has 2 bridgehead atoms. The maximum absolute atomic E-state index is 5.94. The lowest BCUT2D eigenvalue weighted by Gasteiger charge is -2.21. The van der Waals surface area contributed by atoms with Crippen LogP contribution in [0, 0.1) is 0 Å². The van der Waals surface area contributed by atoms with Crippen molar-refractivity contribution in [3.8, 4) is 11.5 Å². The molecule has 1 aromatic carbocycles. The van der Waals surface area contributed by atoms with Gasteiger partial charge in [0, 0.05) is 11.1 Å². The van der Waals surface area contributed by atoms with Gasteiger partial charge in [-0.2, -0.15) is 0 Å². The normalized spacial score (nSPS) is 29.3. The van der Waals surface area contributed by atoms with E-state index in [1.54, 1.807) is 14.2 Å². The Hall–Kier alpha value is -1.48. The number of ether oxygens (including phenoxy) is 3. The highest BCUT2D eigenvalue weighted by Gasteiger charge is 2.47. The van der Waals surface area contributed by atoms with Gasteiger partial charge in [-0.1, -0.05) is 6.08 Å². The smallest absolute Gasteiger partial charge is 0.125 e. The Labute approximate surface area is 94.6 Å². The van der Waals surface area contributed by atoms with Crippen molar-refractivity contribution in [2.45, 2.75) is 18.6 Å². The second-order valence-corrected chi connectivity index (χ2v) is 4.26. The number of fused-ring (bicyclic) bond motifs is 5. The molecular weight excluding hydrogens is 204 g/mol. The molecular formula is C13H14O3. The Morgan fingerprint density at radius 1 is 1.19 bits per heavy atom. The quantitative estimate of drug-likeness (QED) is 0.714. The van der Waals surface area contributed by atoms with E-state index in [9.17, 15) is 0 Å². The molecule has 3 heteroatoms. The summed E-state index contributed by atoms with van der Waals surface area (Å²) in [5.74, 6) is 1.74. The summed E-state index contributed by atoms with van der Waals surface area (Å²) in [6.07, 6.45) is 4.16. The number of hydrogen-bond donors (Lipinski definition) is 0. The molecule has 0 saturated carbocycles. The highest BCUT2D eigenvalue weighted by Crippen LogP contribution is 2.56. The Kier molecular flexibility index (Phi) is 1.83. The largest absolute Gasteiger partial charge is 0.496 e. The summed E-state index contributed by atoms with van der Waals surface area (Å²) in [4.78, 5) is 0. The topological polar surface area (TPSA) is 27.7 Å². The van der Waals surface area contributed by atoms with Crippen LogP contribution in [0.15, 0.2) is 24.3 Å². The van der Waals surface area contributed by atoms with Crippen LogP contribution in [-0.4, -0.2) is 14.2 Å². The first-order valence-electron chi connectivity index (χ1n) is 5.32. The fourth-order valence-electron chi connectivity index (χ4n) is 2.63. The van der Waals surface area contributed by atoms with Gasteiger partial charge in [-0.05, 0) is 25.1 Å². The van der Waals surface area contributed by atoms with Crippen molar-refractivity contribution in [3.63, 3.8) is 0 Å². The van der Waals surface area contributed by atoms with E-state index < -0.39 is 0 Å². The molecule has 1 aromatic rings. The molecule has 3 rings (SSSR count). The van der Waals surface area contributed by atoms with E-state index in [4.69, 9.17) is 14.2 Å². The van der Waals surface area contributed by atoms with Crippen molar-refractivity contribution in [2.24, 2.45) is 0 Å². The van der Waals surface area contributed by atoms with E-state index in [-0.39, 0.29) is 11.7 Å². The van der Waals surface area contributed by atoms with Gasteiger partial charge in [-0.3, -0.25) is 0 Å². The minimum atomic E-state index is -0.361. The molecule has 84 valence electrons. The average Bonchev–Trinajstić information content (AvgIpc) is 2.82. The fourth-order valence-corrected chi connectivity index (χ4v) is 2.63. The lowest BCUT2D eigenvalue weighted by Crippen LogP contribution is -2.16. The van der Waals surface area contributed by atoms with E-state index in [0.717, 1.165) is 22.6 Å². The van der Waals surface area contributed by atoms with Gasteiger partial charge < -0.3 is 14.2 Å². The van der Waals surface area contributed by atoms with Gasteiger partial charge in [-0.15, -0.1) is 0 Å². The van der Waals surface area contributed by atoms with Crippen molar-refractivity contribution in [2.75, 3.05) is 14.2 Å². The van der Waals surface area contributed by atoms with Gasteiger partial charge in [0.2, 0.25) is 0 Å². The zero-order valence-electron chi connectivity index (χ0n) is 9.61. The summed E-state index contributed by atoms with van der Waals surface area (Å²) < 4.78 is 16.7. The third kappa shape index (κ3) is 1.01. The molecule has 0 spiro atoms. The first kappa shape index (κ1) is 9.73. The SMILES string of the molecule is COc1ccc(OC)c2c1[C@@H]1C=C[C@@]2(C)O1. The second kappa shape index (κ2) is 3.01. The van der Waals surface area contributed by atoms with Gasteiger partial charge in [0.15, 0.2) is 0 Å². The number of hydrogen-bond acceptors (Lipinski definition) is 3. The van der Waals surface area contributed by atoms with Crippen LogP contribution in [0.1, 0.15) is 24.2 Å². The minimum absolute atomic E-state index is 0.00468. The molecule has 0 unspecified atom stereocenters. The van der Waals surface area contributed by atoms with E-state index in [1.807, 2.05) is 12.1 Å². The average molecular weight is 218 g/mol. The van der Waals surface area contributed by atoms with E-state index in [0.29, 0.717) is 0 Å². The van der Waals surface area contributed by atoms with Crippen LogP contribution < -0.4 is 9.47 Å². The molecule has 0 amide bonds. The van der Waals surface area contributed by atoms with E-state index in [2.05, 4.69) is 19.1 Å². The highest BCUT2D eigenvalue weighted by molar-refractivity contribution is 5.59. The Morgan fingerprint density at radius 2 is 1.88 bits per heavy atom. The van der Waals surface area contributed by atoms with Crippen molar-refractivity contribution in [3.05, 3.63) is 35.4 Å². The van der Waals surface area contributed by atoms with E-state index >= 15 is 0 Å². The predicted octanol–water partition coefficient (Wildman–Crippen LogP) is 2.56. The summed E-state index contributed by atoms with van der Waals surface area (Å²) in [5.41, 5.74) is 1.84. The zero-order valence-corrected chi connectivity index (χ0v) is 9.61. The molecule has 2 aliphatic heterocycles. The maximum atomic E-state index is 5.94. The molecule has 0 saturated heterocycles. The maximum Gasteiger partial charge on any atom is 0.125 e. The van der Waals surface area contributed by atoms with Gasteiger partial charge in [0.05, 0.1) is 14.2 Å². The van der Waals surface area contributed by atoms with Crippen molar-refractivity contribution in [1.29, 1.82) is 0 Å².